The number of benzene rings is 4. The smallest absolute Gasteiger partial charge is 0.309 e. The van der Waals surface area contributed by atoms with Crippen molar-refractivity contribution in [3.8, 4) is 34.0 Å². The quantitative estimate of drug-likeness (QED) is 0.204. The minimum absolute atomic E-state index is 0.129. The Balaban J connectivity index is 1.60. The molecular formula is C32H17F6N3. The normalized spacial score (nSPS) is 12.1. The number of hydrogen-bond donors (Lipinski definition) is 0. The molecule has 2 aromatic heterocycles. The molecular weight excluding hydrogens is 540 g/mol. The molecule has 3 nitrogen and oxygen atoms in total. The van der Waals surface area contributed by atoms with Crippen LogP contribution < -0.4 is 0 Å². The van der Waals surface area contributed by atoms with Crippen LogP contribution >= 0.6 is 0 Å². The van der Waals surface area contributed by atoms with Crippen LogP contribution in [0, 0.1) is 11.3 Å². The van der Waals surface area contributed by atoms with Gasteiger partial charge in [-0.05, 0) is 82.9 Å². The van der Waals surface area contributed by atoms with Crippen molar-refractivity contribution in [1.29, 1.82) is 5.26 Å². The number of halogens is 6. The summed E-state index contributed by atoms with van der Waals surface area (Å²) in [7, 11) is 0. The van der Waals surface area contributed by atoms with E-state index in [4.69, 9.17) is 0 Å². The van der Waals surface area contributed by atoms with E-state index >= 15 is 0 Å². The van der Waals surface area contributed by atoms with Crippen molar-refractivity contribution in [1.82, 2.24) is 9.55 Å². The van der Waals surface area contributed by atoms with Crippen LogP contribution in [0.25, 0.3) is 49.7 Å². The topological polar surface area (TPSA) is 41.6 Å². The molecule has 0 saturated heterocycles. The van der Waals surface area contributed by atoms with Gasteiger partial charge in [-0.15, -0.1) is 0 Å². The second-order valence-electron chi connectivity index (χ2n) is 9.46. The summed E-state index contributed by atoms with van der Waals surface area (Å²) in [6.45, 7) is 0. The molecule has 0 spiro atoms. The number of pyridine rings is 1. The molecule has 0 aliphatic rings. The van der Waals surface area contributed by atoms with Crippen molar-refractivity contribution in [2.24, 2.45) is 0 Å². The summed E-state index contributed by atoms with van der Waals surface area (Å²) < 4.78 is 83.4. The van der Waals surface area contributed by atoms with Crippen LogP contribution in [-0.4, -0.2) is 9.55 Å². The van der Waals surface area contributed by atoms with Gasteiger partial charge in [0, 0.05) is 28.9 Å². The van der Waals surface area contributed by atoms with Crippen molar-refractivity contribution >= 4 is 21.8 Å². The summed E-state index contributed by atoms with van der Waals surface area (Å²) in [5.74, 6) is 0. The Morgan fingerprint density at radius 2 is 1.37 bits per heavy atom. The summed E-state index contributed by atoms with van der Waals surface area (Å²) in [6.07, 6.45) is -6.62. The molecule has 0 N–H and O–H groups in total. The molecule has 2 heterocycles. The van der Waals surface area contributed by atoms with Gasteiger partial charge in [-0.25, -0.2) is 0 Å². The van der Waals surface area contributed by atoms with Gasteiger partial charge in [0.1, 0.15) is 0 Å². The third-order valence-corrected chi connectivity index (χ3v) is 6.95. The van der Waals surface area contributed by atoms with Gasteiger partial charge in [0.25, 0.3) is 0 Å². The lowest BCUT2D eigenvalue weighted by molar-refractivity contribution is -0.142. The van der Waals surface area contributed by atoms with Gasteiger partial charge >= 0.3 is 12.4 Å². The maximum Gasteiger partial charge on any atom is 0.417 e. The van der Waals surface area contributed by atoms with Crippen LogP contribution in [0.3, 0.4) is 0 Å². The zero-order chi connectivity index (χ0) is 28.9. The van der Waals surface area contributed by atoms with Crippen molar-refractivity contribution in [3.05, 3.63) is 120 Å². The molecule has 0 saturated carbocycles. The number of nitriles is 1. The lowest BCUT2D eigenvalue weighted by Crippen LogP contribution is -2.12. The first kappa shape index (κ1) is 26.1. The third-order valence-electron chi connectivity index (χ3n) is 6.95. The minimum atomic E-state index is -5.00. The molecule has 0 aliphatic heterocycles. The molecule has 0 amide bonds. The molecule has 0 fully saturated rings. The molecule has 0 radical (unpaired) electrons. The fourth-order valence-electron chi connectivity index (χ4n) is 5.14. The maximum atomic E-state index is 13.9. The highest BCUT2D eigenvalue weighted by molar-refractivity contribution is 6.10. The number of para-hydroxylation sites is 1. The molecule has 0 atom stereocenters. The average molecular weight is 557 g/mol. The number of alkyl halides is 6. The highest BCUT2D eigenvalue weighted by Gasteiger charge is 2.38. The van der Waals surface area contributed by atoms with E-state index in [9.17, 15) is 31.6 Å². The van der Waals surface area contributed by atoms with Crippen molar-refractivity contribution < 1.29 is 26.3 Å². The van der Waals surface area contributed by atoms with Crippen LogP contribution in [0.15, 0.2) is 103 Å². The van der Waals surface area contributed by atoms with Gasteiger partial charge in [0.2, 0.25) is 0 Å². The SMILES string of the molecule is N#Cc1cc(-c2ccncc2)cc(-n2c3ccccc3c3cc(-c4ccc(C(F)(F)F)cc4C(F)(F)F)ccc32)c1. The molecule has 0 bridgehead atoms. The van der Waals surface area contributed by atoms with Gasteiger partial charge in [0.15, 0.2) is 0 Å². The summed E-state index contributed by atoms with van der Waals surface area (Å²) in [5.41, 5.74) is 1.17. The Morgan fingerprint density at radius 3 is 2.07 bits per heavy atom. The van der Waals surface area contributed by atoms with Crippen molar-refractivity contribution in [3.63, 3.8) is 0 Å². The lowest BCUT2D eigenvalue weighted by Gasteiger charge is -2.16. The van der Waals surface area contributed by atoms with Gasteiger partial charge < -0.3 is 4.57 Å². The predicted octanol–water partition coefficient (Wildman–Crippen LogP) is 9.42. The first-order valence-corrected chi connectivity index (χ1v) is 12.3. The monoisotopic (exact) mass is 557 g/mol. The molecule has 0 aliphatic carbocycles. The van der Waals surface area contributed by atoms with Crippen LogP contribution in [0.2, 0.25) is 0 Å². The summed E-state index contributed by atoms with van der Waals surface area (Å²) in [6, 6.07) is 24.9. The first-order chi connectivity index (χ1) is 19.5. The number of fused-ring (bicyclic) bond motifs is 3. The Morgan fingerprint density at radius 1 is 0.634 bits per heavy atom. The summed E-state index contributed by atoms with van der Waals surface area (Å²) >= 11 is 0. The van der Waals surface area contributed by atoms with Crippen LogP contribution in [0.1, 0.15) is 16.7 Å². The molecule has 9 heteroatoms. The van der Waals surface area contributed by atoms with Gasteiger partial charge in [-0.2, -0.15) is 31.6 Å². The molecule has 6 aromatic rings. The summed E-state index contributed by atoms with van der Waals surface area (Å²) in [4.78, 5) is 4.04. The lowest BCUT2D eigenvalue weighted by atomic mass is 9.95. The average Bonchev–Trinajstić information content (AvgIpc) is 3.30. The van der Waals surface area contributed by atoms with Crippen molar-refractivity contribution in [2.45, 2.75) is 12.4 Å². The van der Waals surface area contributed by atoms with E-state index in [1.165, 1.54) is 6.07 Å². The van der Waals surface area contributed by atoms with E-state index in [2.05, 4.69) is 11.1 Å². The van der Waals surface area contributed by atoms with E-state index in [0.29, 0.717) is 28.2 Å². The van der Waals surface area contributed by atoms with Gasteiger partial charge in [-0.1, -0.05) is 30.3 Å². The van der Waals surface area contributed by atoms with Gasteiger partial charge in [0.05, 0.1) is 33.8 Å². The first-order valence-electron chi connectivity index (χ1n) is 12.3. The Labute approximate surface area is 229 Å². The standard InChI is InChI=1S/C32H17F6N3/c33-31(34,35)23-6-7-25(28(17-23)32(36,37)38)21-5-8-30-27(16-21)26-3-1-2-4-29(26)41(30)24-14-19(18-39)13-22(15-24)20-9-11-40-12-10-20/h1-17H. The van der Waals surface area contributed by atoms with Crippen LogP contribution in [-0.2, 0) is 12.4 Å². The zero-order valence-electron chi connectivity index (χ0n) is 20.9. The minimum Gasteiger partial charge on any atom is -0.309 e. The zero-order valence-corrected chi connectivity index (χ0v) is 20.9. The Bertz CT molecular complexity index is 1980. The molecule has 6 rings (SSSR count). The largest absolute Gasteiger partial charge is 0.417 e. The third kappa shape index (κ3) is 4.67. The van der Waals surface area contributed by atoms with E-state index in [1.54, 1.807) is 42.7 Å². The number of aromatic nitrogens is 2. The molecule has 4 aromatic carbocycles. The second-order valence-corrected chi connectivity index (χ2v) is 9.46. The van der Waals surface area contributed by atoms with E-state index < -0.39 is 23.5 Å². The van der Waals surface area contributed by atoms with E-state index in [-0.39, 0.29) is 17.2 Å². The van der Waals surface area contributed by atoms with E-state index in [0.717, 1.165) is 28.1 Å². The number of nitrogens with zero attached hydrogens (tertiary/aromatic N) is 3. The fraction of sp³-hybridized carbons (Fsp3) is 0.0625. The maximum absolute atomic E-state index is 13.9. The predicted molar refractivity (Wildman–Crippen MR) is 144 cm³/mol. The summed E-state index contributed by atoms with van der Waals surface area (Å²) in [5, 5.41) is 11.1. The van der Waals surface area contributed by atoms with Crippen LogP contribution in [0.4, 0.5) is 26.3 Å². The fourth-order valence-corrected chi connectivity index (χ4v) is 5.14. The number of hydrogen-bond acceptors (Lipinski definition) is 2. The van der Waals surface area contributed by atoms with Crippen LogP contribution in [0.5, 0.6) is 0 Å². The highest BCUT2D eigenvalue weighted by Crippen LogP contribution is 2.43. The molecule has 41 heavy (non-hydrogen) atoms. The second kappa shape index (κ2) is 9.52. The molecule has 0 unspecified atom stereocenters. The van der Waals surface area contributed by atoms with E-state index in [1.807, 2.05) is 41.0 Å². The van der Waals surface area contributed by atoms with Gasteiger partial charge in [-0.3, -0.25) is 4.98 Å². The Kier molecular flexibility index (Phi) is 6.07. The Hall–Kier alpha value is -5.10. The molecule has 202 valence electrons. The van der Waals surface area contributed by atoms with Crippen molar-refractivity contribution in [2.75, 3.05) is 0 Å². The number of rotatable bonds is 3. The highest BCUT2D eigenvalue weighted by atomic mass is 19.4.